The number of benzene rings is 5. The Bertz CT molecular complexity index is 2490. The third-order valence-corrected chi connectivity index (χ3v) is 10.7. The minimum atomic E-state index is -0.376. The van der Waals surface area contributed by atoms with Crippen molar-refractivity contribution in [3.05, 3.63) is 175 Å². The van der Waals surface area contributed by atoms with Crippen molar-refractivity contribution in [2.24, 2.45) is 0 Å². The molecule has 276 valence electrons. The second-order valence-corrected chi connectivity index (χ2v) is 16.8. The van der Waals surface area contributed by atoms with E-state index < -0.39 is 0 Å². The van der Waals surface area contributed by atoms with Crippen molar-refractivity contribution >= 4 is 33.2 Å². The van der Waals surface area contributed by atoms with Crippen LogP contribution in [0, 0.1) is 18.8 Å². The van der Waals surface area contributed by atoms with Crippen LogP contribution < -0.4 is 9.80 Å². The number of hydrogen-bond acceptors (Lipinski definition) is 3. The zero-order chi connectivity index (χ0) is 37.1. The Kier molecular flexibility index (Phi) is 9.73. The normalized spacial score (nSPS) is 13.6. The van der Waals surface area contributed by atoms with E-state index in [4.69, 9.17) is 4.98 Å². The molecule has 5 aromatic carbocycles. The number of para-hydroxylation sites is 1. The molecule has 0 bridgehead atoms. The van der Waals surface area contributed by atoms with Gasteiger partial charge in [-0.2, -0.15) is 53.6 Å². The van der Waals surface area contributed by atoms with E-state index in [-0.39, 0.29) is 37.3 Å². The van der Waals surface area contributed by atoms with Crippen LogP contribution in [-0.4, -0.2) is 9.55 Å². The zero-order valence-corrected chi connectivity index (χ0v) is 34.7. The van der Waals surface area contributed by atoms with Gasteiger partial charge in [0.15, 0.2) is 0 Å². The maximum Gasteiger partial charge on any atom is 0.135 e. The van der Waals surface area contributed by atoms with Gasteiger partial charge in [-0.05, 0) is 81.1 Å². The van der Waals surface area contributed by atoms with E-state index in [2.05, 4.69) is 216 Å². The largest absolute Gasteiger partial charge is 0.500 e. The average molecular weight is 887 g/mol. The van der Waals surface area contributed by atoms with Crippen molar-refractivity contribution in [2.75, 3.05) is 9.80 Å². The Hall–Kier alpha value is -4.92. The van der Waals surface area contributed by atoms with Gasteiger partial charge >= 0.3 is 0 Å². The molecule has 0 saturated heterocycles. The third-order valence-electron chi connectivity index (χ3n) is 10.7. The van der Waals surface area contributed by atoms with Gasteiger partial charge in [0.2, 0.25) is 0 Å². The summed E-state index contributed by atoms with van der Waals surface area (Å²) in [6, 6.07) is 49.1. The Morgan fingerprint density at radius 3 is 2.04 bits per heavy atom. The van der Waals surface area contributed by atoms with Crippen molar-refractivity contribution < 1.29 is 21.1 Å². The Labute approximate surface area is 335 Å². The number of rotatable bonds is 6. The first kappa shape index (κ1) is 37.4. The number of aromatic nitrogens is 2. The molecule has 2 aromatic heterocycles. The van der Waals surface area contributed by atoms with Crippen LogP contribution in [0.2, 0.25) is 0 Å². The summed E-state index contributed by atoms with van der Waals surface area (Å²) in [6.45, 7) is 20.2. The summed E-state index contributed by atoms with van der Waals surface area (Å²) in [5.41, 5.74) is 11.1. The molecule has 1 aliphatic heterocycles. The smallest absolute Gasteiger partial charge is 0.135 e. The molecule has 4 nitrogen and oxygen atoms in total. The summed E-state index contributed by atoms with van der Waals surface area (Å²) in [5, 5.41) is 2.37. The van der Waals surface area contributed by atoms with Gasteiger partial charge in [-0.25, -0.2) is 4.98 Å². The fraction of sp³-hybridized carbons (Fsp3) is 0.224. The van der Waals surface area contributed by atoms with Crippen LogP contribution in [0.5, 0.6) is 0 Å². The second-order valence-electron chi connectivity index (χ2n) is 16.8. The van der Waals surface area contributed by atoms with Crippen molar-refractivity contribution in [3.63, 3.8) is 0 Å². The summed E-state index contributed by atoms with van der Waals surface area (Å²) in [6.07, 6.45) is 6.18. The molecule has 8 rings (SSSR count). The molecule has 0 aliphatic carbocycles. The maximum absolute atomic E-state index is 4.88. The van der Waals surface area contributed by atoms with Gasteiger partial charge in [-0.15, -0.1) is 17.7 Å². The van der Waals surface area contributed by atoms with Crippen LogP contribution in [0.15, 0.2) is 134 Å². The molecule has 0 unspecified atom stereocenters. The molecule has 5 heteroatoms. The summed E-state index contributed by atoms with van der Waals surface area (Å²) < 4.78 is 2.27. The van der Waals surface area contributed by atoms with Gasteiger partial charge in [-0.1, -0.05) is 116 Å². The molecule has 7 aromatic rings. The zero-order valence-electron chi connectivity index (χ0n) is 32.4. The molecule has 0 atom stereocenters. The van der Waals surface area contributed by atoms with Crippen molar-refractivity contribution in [1.29, 1.82) is 0 Å². The topological polar surface area (TPSA) is 24.3 Å². The number of nitrogens with zero attached hydrogens (tertiary/aromatic N) is 4. The third kappa shape index (κ3) is 6.82. The van der Waals surface area contributed by atoms with E-state index in [1.54, 1.807) is 0 Å². The molecule has 0 saturated carbocycles. The maximum atomic E-state index is 4.88. The Morgan fingerprint density at radius 1 is 0.593 bits per heavy atom. The fourth-order valence-electron chi connectivity index (χ4n) is 7.34. The van der Waals surface area contributed by atoms with E-state index in [9.17, 15) is 0 Å². The van der Waals surface area contributed by atoms with Crippen LogP contribution in [0.3, 0.4) is 0 Å². The first-order valence-electron chi connectivity index (χ1n) is 18.5. The first-order valence-corrected chi connectivity index (χ1v) is 18.5. The van der Waals surface area contributed by atoms with Crippen molar-refractivity contribution in [2.45, 2.75) is 71.6 Å². The van der Waals surface area contributed by atoms with Crippen LogP contribution in [0.1, 0.15) is 77.6 Å². The van der Waals surface area contributed by atoms with Gasteiger partial charge in [-0.3, -0.25) is 0 Å². The summed E-state index contributed by atoms with van der Waals surface area (Å²) >= 11 is 0. The predicted octanol–water partition coefficient (Wildman–Crippen LogP) is 12.3. The molecule has 0 radical (unpaired) electrons. The molecular formula is C49H47N4Pt-3. The SMILES string of the molecule is CC(C)(C)c1ccnc(-n2c3[c-]c(C(C)(C)c4[c-]c(N5C=CN(c6ccc(C(C)(C)C)cc6-c6ccccc6)[CH-]5)ccc4)ccc3c3ccccc32)c1.[Pt]. The Balaban J connectivity index is 0.00000450. The Morgan fingerprint density at radius 2 is 1.28 bits per heavy atom. The van der Waals surface area contributed by atoms with Gasteiger partial charge in [0.05, 0.1) is 0 Å². The van der Waals surface area contributed by atoms with E-state index >= 15 is 0 Å². The predicted molar refractivity (Wildman–Crippen MR) is 222 cm³/mol. The molecule has 3 heterocycles. The molecule has 54 heavy (non-hydrogen) atoms. The van der Waals surface area contributed by atoms with Gasteiger partial charge in [0, 0.05) is 44.0 Å². The second kappa shape index (κ2) is 14.1. The van der Waals surface area contributed by atoms with Crippen LogP contribution in [0.4, 0.5) is 11.4 Å². The van der Waals surface area contributed by atoms with Crippen molar-refractivity contribution in [3.8, 4) is 16.9 Å². The van der Waals surface area contributed by atoms with Gasteiger partial charge < -0.3 is 14.4 Å². The van der Waals surface area contributed by atoms with Crippen LogP contribution >= 0.6 is 0 Å². The number of anilines is 2. The van der Waals surface area contributed by atoms with E-state index in [1.807, 2.05) is 6.20 Å². The number of hydrogen-bond donors (Lipinski definition) is 0. The van der Waals surface area contributed by atoms with Crippen LogP contribution in [-0.2, 0) is 37.3 Å². The molecule has 0 N–H and O–H groups in total. The first-order chi connectivity index (χ1) is 25.3. The minimum absolute atomic E-state index is 0. The summed E-state index contributed by atoms with van der Waals surface area (Å²) in [4.78, 5) is 9.25. The fourth-order valence-corrected chi connectivity index (χ4v) is 7.34. The summed E-state index contributed by atoms with van der Waals surface area (Å²) in [7, 11) is 0. The monoisotopic (exact) mass is 886 g/mol. The summed E-state index contributed by atoms with van der Waals surface area (Å²) in [5.74, 6) is 0.910. The molecular weight excluding hydrogens is 840 g/mol. The van der Waals surface area contributed by atoms with Gasteiger partial charge in [0.25, 0.3) is 0 Å². The molecule has 0 spiro atoms. The van der Waals surface area contributed by atoms with Crippen LogP contribution in [0.25, 0.3) is 38.8 Å². The quantitative estimate of drug-likeness (QED) is 0.156. The molecule has 1 aliphatic rings. The van der Waals surface area contributed by atoms with Gasteiger partial charge in [0.1, 0.15) is 5.82 Å². The van der Waals surface area contributed by atoms with E-state index in [0.717, 1.165) is 39.4 Å². The van der Waals surface area contributed by atoms with Crippen molar-refractivity contribution in [1.82, 2.24) is 9.55 Å². The number of pyridine rings is 1. The van der Waals surface area contributed by atoms with E-state index in [0.29, 0.717) is 0 Å². The number of fused-ring (bicyclic) bond motifs is 3. The standard InChI is InChI=1S/C49H47N4.Pt/c1-47(2,3)35-22-24-43(42(30-35)34-15-10-9-11-16-34)52-28-27-51(33-52)39-18-14-17-37(29-39)49(7,8)38-21-23-41-40-19-12-13-20-44(40)53(45(41)31-38)46-32-36(25-26-50-46)48(4,5)6;/h9-28,30,32-33H,1-8H3;/q-3;. The minimum Gasteiger partial charge on any atom is -0.500 e. The van der Waals surface area contributed by atoms with E-state index in [1.165, 1.54) is 33.0 Å². The molecule has 0 fully saturated rings. The average Bonchev–Trinajstić information content (AvgIpc) is 3.78. The molecule has 0 amide bonds.